The number of ether oxygens (including phenoxy) is 11. The maximum atomic E-state index is 14.2. The van der Waals surface area contributed by atoms with Gasteiger partial charge in [-0.2, -0.15) is 0 Å². The van der Waals surface area contributed by atoms with Crippen molar-refractivity contribution in [3.63, 3.8) is 0 Å². The number of benzene rings is 3. The summed E-state index contributed by atoms with van der Waals surface area (Å²) < 4.78 is 62.6. The van der Waals surface area contributed by atoms with E-state index in [-0.39, 0.29) is 122 Å². The van der Waals surface area contributed by atoms with Crippen molar-refractivity contribution in [2.24, 2.45) is 39.6 Å². The molecule has 2 fully saturated rings. The van der Waals surface area contributed by atoms with E-state index >= 15 is 0 Å². The molecule has 9 rings (SSSR count). The SMILES string of the molecule is COc1cc2c(cc1OCCCOc1cc3c(cc1OC)C(=O)N1C=C(C4CC4)C[C@H]1C=N3)N=C[C@@H]1CC(c3ccc(NC(=O)[C@H](C)CC(=O)C(NC(=O)CCCCCOCCOCCOCCOCCOCCOCCOCCNC(=O)CCN4C(=O)CC(C(C)C)C4=O)C(C)C)cc3)=CN1C2=O. The number of carbonyl (C=O) groups excluding carboxylic acids is 8. The number of hydrogen-bond donors (Lipinski definition) is 3. The monoisotopic (exact) mass is 1440 g/mol. The normalized spacial score (nSPS) is 18.0. The Morgan fingerprint density at radius 2 is 1.09 bits per heavy atom. The van der Waals surface area contributed by atoms with Gasteiger partial charge < -0.3 is 77.9 Å². The van der Waals surface area contributed by atoms with Crippen LogP contribution in [0.4, 0.5) is 17.1 Å². The highest BCUT2D eigenvalue weighted by Crippen LogP contribution is 2.45. The zero-order valence-electron chi connectivity index (χ0n) is 61.3. The van der Waals surface area contributed by atoms with Crippen LogP contribution in [-0.2, 0) is 61.9 Å². The van der Waals surface area contributed by atoms with Crippen LogP contribution in [0.2, 0.25) is 0 Å². The molecule has 2 unspecified atom stereocenters. The predicted molar refractivity (Wildman–Crippen MR) is 388 cm³/mol. The molecular weight excluding hydrogens is 1340 g/mol. The van der Waals surface area contributed by atoms with Crippen LogP contribution in [0.1, 0.15) is 138 Å². The van der Waals surface area contributed by atoms with Crippen molar-refractivity contribution < 1.29 is 90.5 Å². The Bertz CT molecular complexity index is 3550. The standard InChI is InChI=1S/C77H104N8O19/c1-50(2)60-43-72(89)83(75(60)91)21-19-70(87)78-20-25-97-27-29-99-31-33-101-35-37-102-36-34-100-32-30-98-28-26-96-22-10-8-9-12-71(88)82-73(51(3)4)65(86)38-52(5)74(90)81-57-17-15-54(16-18-57)56-40-59-47-80-64-45-69(67(95-7)42-62(64)77(93)85(59)49-56)104-24-11-23-103-68-44-63-61(41-66(68)94-6)76(92)84-48-55(53-13-14-53)39-58(84)46-79-63/h15-18,41-42,44-53,58-60,73H,8-14,19-40,43H2,1-7H3,(H,78,87)(H,81,90)(H,82,88)/t52-,58+,59+,60?,73?/m1/s1. The fraction of sp³-hybridized carbons (Fsp3) is 0.584. The summed E-state index contributed by atoms with van der Waals surface area (Å²) in [6.45, 7) is 16.1. The largest absolute Gasteiger partial charge is 0.493 e. The van der Waals surface area contributed by atoms with Crippen molar-refractivity contribution in [2.75, 3.05) is 138 Å². The van der Waals surface area contributed by atoms with E-state index in [9.17, 15) is 38.4 Å². The smallest absolute Gasteiger partial charge is 0.260 e. The Balaban J connectivity index is 0.561. The van der Waals surface area contributed by atoms with Crippen molar-refractivity contribution in [3.05, 3.63) is 83.2 Å². The first-order chi connectivity index (χ1) is 50.4. The zero-order valence-corrected chi connectivity index (χ0v) is 61.3. The second-order valence-corrected chi connectivity index (χ2v) is 27.3. The molecule has 104 heavy (non-hydrogen) atoms. The molecule has 5 aliphatic heterocycles. The first-order valence-electron chi connectivity index (χ1n) is 36.6. The number of amides is 7. The number of anilines is 1. The molecule has 3 aromatic carbocycles. The van der Waals surface area contributed by atoms with E-state index in [1.807, 2.05) is 58.4 Å². The van der Waals surface area contributed by atoms with E-state index in [1.54, 1.807) is 66.4 Å². The topological polar surface area (TPSA) is 309 Å². The Kier molecular flexibility index (Phi) is 31.2. The molecule has 5 atom stereocenters. The van der Waals surface area contributed by atoms with Gasteiger partial charge in [-0.15, -0.1) is 0 Å². The zero-order chi connectivity index (χ0) is 73.9. The summed E-state index contributed by atoms with van der Waals surface area (Å²) in [5.41, 5.74) is 5.47. The number of Topliss-reactive ketones (excluding diaryl/α,β-unsaturated/α-hetero) is 1. The quantitative estimate of drug-likeness (QED) is 0.0352. The van der Waals surface area contributed by atoms with E-state index in [2.05, 4.69) is 16.0 Å². The number of aliphatic imine (C=N–C) groups is 2. The van der Waals surface area contributed by atoms with Crippen LogP contribution >= 0.6 is 0 Å². The maximum Gasteiger partial charge on any atom is 0.260 e. The molecule has 3 N–H and O–H groups in total. The highest BCUT2D eigenvalue weighted by Gasteiger charge is 2.41. The molecule has 3 aromatic rings. The number of ketones is 1. The number of nitrogens with one attached hydrogen (secondary N) is 3. The van der Waals surface area contributed by atoms with Gasteiger partial charge in [0, 0.05) is 113 Å². The predicted octanol–water partition coefficient (Wildman–Crippen LogP) is 8.64. The second kappa shape index (κ2) is 40.7. The minimum Gasteiger partial charge on any atom is -0.493 e. The molecule has 27 nitrogen and oxygen atoms in total. The minimum absolute atomic E-state index is 0.0484. The minimum atomic E-state index is -0.732. The summed E-state index contributed by atoms with van der Waals surface area (Å²) in [4.78, 5) is 119. The molecule has 566 valence electrons. The van der Waals surface area contributed by atoms with Gasteiger partial charge in [0.25, 0.3) is 11.8 Å². The molecule has 1 saturated heterocycles. The number of unbranched alkanes of at least 4 members (excludes halogenated alkanes) is 2. The Labute approximate surface area is 609 Å². The van der Waals surface area contributed by atoms with Crippen LogP contribution in [0.5, 0.6) is 23.0 Å². The van der Waals surface area contributed by atoms with Crippen LogP contribution < -0.4 is 34.9 Å². The highest BCUT2D eigenvalue weighted by atomic mass is 16.6. The van der Waals surface area contributed by atoms with Gasteiger partial charge in [-0.25, -0.2) is 0 Å². The van der Waals surface area contributed by atoms with Crippen molar-refractivity contribution in [1.29, 1.82) is 0 Å². The lowest BCUT2D eigenvalue weighted by molar-refractivity contribution is -0.140. The number of nitrogens with zero attached hydrogens (tertiary/aromatic N) is 5. The molecule has 1 saturated carbocycles. The van der Waals surface area contributed by atoms with Crippen LogP contribution in [-0.4, -0.2) is 225 Å². The summed E-state index contributed by atoms with van der Waals surface area (Å²) in [5, 5.41) is 8.58. The molecule has 0 aromatic heterocycles. The van der Waals surface area contributed by atoms with Crippen LogP contribution in [0.25, 0.3) is 5.57 Å². The number of carbonyl (C=O) groups is 8. The number of fused-ring (bicyclic) bond motifs is 4. The molecule has 0 radical (unpaired) electrons. The number of imide groups is 1. The number of rotatable bonds is 48. The lowest BCUT2D eigenvalue weighted by Crippen LogP contribution is -2.45. The number of hydrogen-bond acceptors (Lipinski definition) is 21. The number of likely N-dealkylation sites (tertiary alicyclic amines) is 1. The van der Waals surface area contributed by atoms with Gasteiger partial charge in [-0.05, 0) is 90.8 Å². The van der Waals surface area contributed by atoms with Crippen LogP contribution in [0.15, 0.2) is 76.5 Å². The van der Waals surface area contributed by atoms with Crippen molar-refractivity contribution >= 4 is 82.2 Å². The van der Waals surface area contributed by atoms with Gasteiger partial charge >= 0.3 is 0 Å². The molecule has 7 amide bonds. The summed E-state index contributed by atoms with van der Waals surface area (Å²) in [7, 11) is 3.06. The Morgan fingerprint density at radius 3 is 1.61 bits per heavy atom. The van der Waals surface area contributed by atoms with Crippen molar-refractivity contribution in [2.45, 2.75) is 130 Å². The van der Waals surface area contributed by atoms with E-state index in [0.29, 0.717) is 175 Å². The van der Waals surface area contributed by atoms with Gasteiger partial charge in [0.2, 0.25) is 29.5 Å². The summed E-state index contributed by atoms with van der Waals surface area (Å²) in [6.07, 6.45) is 14.3. The average Bonchev–Trinajstić information content (AvgIpc) is 1.61. The first-order valence-corrected chi connectivity index (χ1v) is 36.6. The van der Waals surface area contributed by atoms with Gasteiger partial charge in [0.05, 0.1) is 154 Å². The first kappa shape index (κ1) is 79.7. The van der Waals surface area contributed by atoms with E-state index in [0.717, 1.165) is 30.4 Å². The molecule has 27 heteroatoms. The van der Waals surface area contributed by atoms with Crippen molar-refractivity contribution in [1.82, 2.24) is 25.3 Å². The maximum absolute atomic E-state index is 14.2. The van der Waals surface area contributed by atoms with Crippen LogP contribution in [0.3, 0.4) is 0 Å². The fourth-order valence-electron chi connectivity index (χ4n) is 12.7. The molecular formula is C77H104N8O19. The average molecular weight is 1450 g/mol. The molecule has 0 spiro atoms. The van der Waals surface area contributed by atoms with E-state index < -0.39 is 12.0 Å². The molecule has 0 bridgehead atoms. The summed E-state index contributed by atoms with van der Waals surface area (Å²) in [5.74, 6) is -0.513. The molecule has 6 aliphatic rings. The third-order valence-electron chi connectivity index (χ3n) is 18.8. The van der Waals surface area contributed by atoms with Gasteiger partial charge in [0.1, 0.15) is 0 Å². The Hall–Kier alpha value is -8.44. The van der Waals surface area contributed by atoms with E-state index in [4.69, 9.17) is 62.1 Å². The van der Waals surface area contributed by atoms with Crippen molar-refractivity contribution in [3.8, 4) is 23.0 Å². The lowest BCUT2D eigenvalue weighted by Gasteiger charge is -2.23. The van der Waals surface area contributed by atoms with Gasteiger partial charge in [-0.3, -0.25) is 53.2 Å². The second-order valence-electron chi connectivity index (χ2n) is 27.3. The van der Waals surface area contributed by atoms with Crippen LogP contribution in [0, 0.1) is 29.6 Å². The van der Waals surface area contributed by atoms with Gasteiger partial charge in [-0.1, -0.05) is 53.2 Å². The lowest BCUT2D eigenvalue weighted by atomic mass is 9.92. The third kappa shape index (κ3) is 23.3. The number of methoxy groups -OCH3 is 2. The molecule has 1 aliphatic carbocycles. The highest BCUT2D eigenvalue weighted by molar-refractivity contribution is 6.07. The van der Waals surface area contributed by atoms with Gasteiger partial charge in [0.15, 0.2) is 28.8 Å². The third-order valence-corrected chi connectivity index (χ3v) is 18.8. The van der Waals surface area contributed by atoms with E-state index in [1.165, 1.54) is 30.4 Å². The molecule has 5 heterocycles. The Morgan fingerprint density at radius 1 is 0.558 bits per heavy atom. The fourth-order valence-corrected chi connectivity index (χ4v) is 12.7. The summed E-state index contributed by atoms with van der Waals surface area (Å²) in [6, 6.07) is 13.0. The summed E-state index contributed by atoms with van der Waals surface area (Å²) >= 11 is 0.